The highest BCUT2D eigenvalue weighted by atomic mass is 16.3. The molecule has 106 valence electrons. The second-order valence-corrected chi connectivity index (χ2v) is 4.43. The number of hydrogen-bond donors (Lipinski definition) is 1. The van der Waals surface area contributed by atoms with Crippen LogP contribution in [0.2, 0.25) is 0 Å². The molecule has 0 radical (unpaired) electrons. The molecular formula is C16H25NO2. The van der Waals surface area contributed by atoms with Crippen molar-refractivity contribution < 1.29 is 9.90 Å². The minimum atomic E-state index is 0.322. The van der Waals surface area contributed by atoms with Crippen LogP contribution in [0.1, 0.15) is 51.9 Å². The Kier molecular flexibility index (Phi) is 13.2. The van der Waals surface area contributed by atoms with Gasteiger partial charge in [-0.15, -0.1) is 0 Å². The van der Waals surface area contributed by atoms with Crippen molar-refractivity contribution in [2.45, 2.75) is 51.9 Å². The monoisotopic (exact) mass is 263 g/mol. The molecule has 19 heavy (non-hydrogen) atoms. The van der Waals surface area contributed by atoms with Crippen LogP contribution >= 0.6 is 0 Å². The molecule has 0 aliphatic carbocycles. The summed E-state index contributed by atoms with van der Waals surface area (Å²) in [5, 5.41) is 8.63. The van der Waals surface area contributed by atoms with Crippen LogP contribution in [0.3, 0.4) is 0 Å². The number of nitrogens with zero attached hydrogens (tertiary/aromatic N) is 1. The van der Waals surface area contributed by atoms with E-state index in [1.165, 1.54) is 38.5 Å². The molecule has 0 saturated heterocycles. The van der Waals surface area contributed by atoms with E-state index in [0.717, 1.165) is 6.42 Å². The zero-order chi connectivity index (χ0) is 14.2. The zero-order valence-corrected chi connectivity index (χ0v) is 11.8. The van der Waals surface area contributed by atoms with Gasteiger partial charge in [0.1, 0.15) is 5.75 Å². The number of phenols is 1. The number of carbonyl (C=O) groups excluding carboxylic acids is 1. The lowest BCUT2D eigenvalue weighted by molar-refractivity contribution is 0.475. The van der Waals surface area contributed by atoms with Crippen molar-refractivity contribution in [2.24, 2.45) is 4.99 Å². The lowest BCUT2D eigenvalue weighted by atomic mass is 10.1. The van der Waals surface area contributed by atoms with Crippen molar-refractivity contribution in [2.75, 3.05) is 6.54 Å². The van der Waals surface area contributed by atoms with Crippen LogP contribution in [0.15, 0.2) is 35.3 Å². The summed E-state index contributed by atoms with van der Waals surface area (Å²) in [7, 11) is 0. The fraction of sp³-hybridized carbons (Fsp3) is 0.562. The third kappa shape index (κ3) is 14.3. The second kappa shape index (κ2) is 14.5. The lowest BCUT2D eigenvalue weighted by Gasteiger charge is -1.97. The van der Waals surface area contributed by atoms with Gasteiger partial charge < -0.3 is 5.11 Å². The predicted octanol–water partition coefficient (Wildman–Crippen LogP) is 4.47. The SMILES string of the molecule is CCCCCCCCCN=C=O.Oc1ccccc1. The van der Waals surface area contributed by atoms with Crippen molar-refractivity contribution in [1.82, 2.24) is 0 Å². The molecule has 0 atom stereocenters. The van der Waals surface area contributed by atoms with Gasteiger partial charge in [-0.2, -0.15) is 0 Å². The summed E-state index contributed by atoms with van der Waals surface area (Å²) in [5.41, 5.74) is 0. The number of aromatic hydroxyl groups is 1. The number of aliphatic imine (C=N–C) groups is 1. The van der Waals surface area contributed by atoms with Crippen molar-refractivity contribution in [3.63, 3.8) is 0 Å². The first-order valence-electron chi connectivity index (χ1n) is 7.09. The number of rotatable bonds is 8. The Hall–Kier alpha value is -1.60. The number of para-hydroxylation sites is 1. The first-order valence-corrected chi connectivity index (χ1v) is 7.09. The Labute approximate surface area is 116 Å². The summed E-state index contributed by atoms with van der Waals surface area (Å²) in [6.45, 7) is 2.88. The van der Waals surface area contributed by atoms with E-state index in [1.807, 2.05) is 6.07 Å². The van der Waals surface area contributed by atoms with Crippen LogP contribution in [0.4, 0.5) is 0 Å². The molecule has 0 fully saturated rings. The van der Waals surface area contributed by atoms with Gasteiger partial charge in [-0.1, -0.05) is 63.6 Å². The normalized spacial score (nSPS) is 9.11. The molecule has 0 bridgehead atoms. The number of hydrogen-bond acceptors (Lipinski definition) is 3. The zero-order valence-electron chi connectivity index (χ0n) is 11.8. The highest BCUT2D eigenvalue weighted by Crippen LogP contribution is 2.06. The first-order chi connectivity index (χ1) is 9.31. The first kappa shape index (κ1) is 17.4. The molecule has 3 nitrogen and oxygen atoms in total. The molecule has 0 aliphatic rings. The van der Waals surface area contributed by atoms with E-state index < -0.39 is 0 Å². The third-order valence-corrected chi connectivity index (χ3v) is 2.69. The maximum atomic E-state index is 9.69. The van der Waals surface area contributed by atoms with Gasteiger partial charge in [-0.25, -0.2) is 9.79 Å². The molecule has 1 aromatic rings. The Balaban J connectivity index is 0.000000388. The minimum absolute atomic E-state index is 0.322. The van der Waals surface area contributed by atoms with Gasteiger partial charge in [0.05, 0.1) is 6.54 Å². The number of phenolic OH excluding ortho intramolecular Hbond substituents is 1. The molecule has 0 amide bonds. The molecule has 0 saturated carbocycles. The van der Waals surface area contributed by atoms with Crippen molar-refractivity contribution in [1.29, 1.82) is 0 Å². The predicted molar refractivity (Wildman–Crippen MR) is 79.1 cm³/mol. The Morgan fingerprint density at radius 2 is 1.58 bits per heavy atom. The van der Waals surface area contributed by atoms with Crippen molar-refractivity contribution in [3.8, 4) is 5.75 Å². The van der Waals surface area contributed by atoms with Crippen LogP contribution in [0, 0.1) is 0 Å². The molecule has 1 aromatic carbocycles. The third-order valence-electron chi connectivity index (χ3n) is 2.69. The van der Waals surface area contributed by atoms with E-state index in [9.17, 15) is 4.79 Å². The fourth-order valence-electron chi connectivity index (χ4n) is 1.62. The second-order valence-electron chi connectivity index (χ2n) is 4.43. The van der Waals surface area contributed by atoms with Gasteiger partial charge >= 0.3 is 0 Å². The minimum Gasteiger partial charge on any atom is -0.508 e. The molecule has 0 unspecified atom stereocenters. The number of benzene rings is 1. The lowest BCUT2D eigenvalue weighted by Crippen LogP contribution is -1.82. The fourth-order valence-corrected chi connectivity index (χ4v) is 1.62. The van der Waals surface area contributed by atoms with E-state index in [1.54, 1.807) is 30.3 Å². The van der Waals surface area contributed by atoms with Crippen molar-refractivity contribution in [3.05, 3.63) is 30.3 Å². The van der Waals surface area contributed by atoms with Gasteiger partial charge in [0.15, 0.2) is 0 Å². The van der Waals surface area contributed by atoms with E-state index in [4.69, 9.17) is 5.11 Å². The summed E-state index contributed by atoms with van der Waals surface area (Å²) in [4.78, 5) is 13.2. The maximum Gasteiger partial charge on any atom is 0.234 e. The molecular weight excluding hydrogens is 238 g/mol. The highest BCUT2D eigenvalue weighted by molar-refractivity contribution is 5.32. The topological polar surface area (TPSA) is 49.7 Å². The summed E-state index contributed by atoms with van der Waals surface area (Å²) < 4.78 is 0. The van der Waals surface area contributed by atoms with Gasteiger partial charge in [0.2, 0.25) is 6.08 Å². The molecule has 0 aromatic heterocycles. The molecule has 0 spiro atoms. The van der Waals surface area contributed by atoms with Crippen LogP contribution < -0.4 is 0 Å². The average molecular weight is 263 g/mol. The molecule has 1 rings (SSSR count). The molecule has 0 aliphatic heterocycles. The van der Waals surface area contributed by atoms with E-state index in [2.05, 4.69) is 11.9 Å². The highest BCUT2D eigenvalue weighted by Gasteiger charge is 1.89. The quantitative estimate of drug-likeness (QED) is 0.427. The summed E-state index contributed by atoms with van der Waals surface area (Å²) in [5.74, 6) is 0.322. The van der Waals surface area contributed by atoms with Crippen LogP contribution in [-0.2, 0) is 4.79 Å². The van der Waals surface area contributed by atoms with Gasteiger partial charge in [-0.05, 0) is 18.6 Å². The van der Waals surface area contributed by atoms with Gasteiger partial charge in [0.25, 0.3) is 0 Å². The van der Waals surface area contributed by atoms with Gasteiger partial charge in [0, 0.05) is 0 Å². The number of isocyanates is 1. The van der Waals surface area contributed by atoms with Crippen LogP contribution in [0.5, 0.6) is 5.75 Å². The standard InChI is InChI=1S/C10H19NO.C6H6O/c1-2-3-4-5-6-7-8-9-11-10-12;7-6-4-2-1-3-5-6/h2-9H2,1H3;1-5,7H. The van der Waals surface area contributed by atoms with E-state index in [-0.39, 0.29) is 0 Å². The smallest absolute Gasteiger partial charge is 0.234 e. The molecule has 3 heteroatoms. The molecule has 0 heterocycles. The molecule has 1 N–H and O–H groups in total. The Morgan fingerprint density at radius 3 is 2.05 bits per heavy atom. The van der Waals surface area contributed by atoms with Crippen molar-refractivity contribution >= 4 is 6.08 Å². The van der Waals surface area contributed by atoms with Crippen LogP contribution in [0.25, 0.3) is 0 Å². The Bertz CT molecular complexity index is 332. The summed E-state index contributed by atoms with van der Waals surface area (Å²) >= 11 is 0. The Morgan fingerprint density at radius 1 is 1.00 bits per heavy atom. The van der Waals surface area contributed by atoms with Gasteiger partial charge in [-0.3, -0.25) is 0 Å². The number of unbranched alkanes of at least 4 members (excludes halogenated alkanes) is 6. The maximum absolute atomic E-state index is 9.69. The largest absolute Gasteiger partial charge is 0.508 e. The van der Waals surface area contributed by atoms with Crippen LogP contribution in [-0.4, -0.2) is 17.7 Å². The summed E-state index contributed by atoms with van der Waals surface area (Å²) in [6.07, 6.45) is 10.4. The van der Waals surface area contributed by atoms with E-state index in [0.29, 0.717) is 12.3 Å². The summed E-state index contributed by atoms with van der Waals surface area (Å²) in [6, 6.07) is 8.71. The van der Waals surface area contributed by atoms with E-state index >= 15 is 0 Å². The average Bonchev–Trinajstić information content (AvgIpc) is 2.43.